The molecule has 5 heteroatoms. The van der Waals surface area contributed by atoms with Crippen LogP contribution in [0.15, 0.2) is 22.7 Å². The predicted octanol–water partition coefficient (Wildman–Crippen LogP) is 2.26. The Morgan fingerprint density at radius 1 is 1.56 bits per heavy atom. The molecule has 0 fully saturated rings. The average Bonchev–Trinajstić information content (AvgIpc) is 2.23. The van der Waals surface area contributed by atoms with Crippen LogP contribution in [0.25, 0.3) is 0 Å². The monoisotopic (exact) mass is 300 g/mol. The van der Waals surface area contributed by atoms with Gasteiger partial charge in [-0.25, -0.2) is 0 Å². The van der Waals surface area contributed by atoms with Gasteiger partial charge in [-0.05, 0) is 18.2 Å². The Kier molecular flexibility index (Phi) is 5.33. The van der Waals surface area contributed by atoms with Crippen LogP contribution in [-0.2, 0) is 4.79 Å². The number of rotatable bonds is 4. The number of anilines is 1. The SMILES string of the molecule is C#CCNCC(=O)Nc1ccc(Br)cc1Cl. The predicted molar refractivity (Wildman–Crippen MR) is 69.5 cm³/mol. The van der Waals surface area contributed by atoms with E-state index in [1.807, 2.05) is 0 Å². The van der Waals surface area contributed by atoms with Crippen molar-refractivity contribution >= 4 is 39.1 Å². The Morgan fingerprint density at radius 3 is 2.94 bits per heavy atom. The molecule has 16 heavy (non-hydrogen) atoms. The number of hydrogen-bond donors (Lipinski definition) is 2. The van der Waals surface area contributed by atoms with Crippen LogP contribution in [0.5, 0.6) is 0 Å². The van der Waals surface area contributed by atoms with E-state index in [2.05, 4.69) is 32.5 Å². The van der Waals surface area contributed by atoms with Crippen LogP contribution in [0.1, 0.15) is 0 Å². The highest BCUT2D eigenvalue weighted by molar-refractivity contribution is 9.10. The molecule has 3 nitrogen and oxygen atoms in total. The number of hydrogen-bond acceptors (Lipinski definition) is 2. The van der Waals surface area contributed by atoms with Crippen LogP contribution >= 0.6 is 27.5 Å². The van der Waals surface area contributed by atoms with Gasteiger partial charge in [0.05, 0.1) is 23.8 Å². The fraction of sp³-hybridized carbons (Fsp3) is 0.182. The van der Waals surface area contributed by atoms with Gasteiger partial charge in [0.2, 0.25) is 5.91 Å². The Hall–Kier alpha value is -1.02. The van der Waals surface area contributed by atoms with Gasteiger partial charge in [0, 0.05) is 4.47 Å². The number of carbonyl (C=O) groups is 1. The van der Waals surface area contributed by atoms with Crippen LogP contribution in [-0.4, -0.2) is 19.0 Å². The van der Waals surface area contributed by atoms with Gasteiger partial charge in [-0.1, -0.05) is 33.5 Å². The third-order valence-electron chi connectivity index (χ3n) is 1.72. The van der Waals surface area contributed by atoms with Crippen LogP contribution in [0, 0.1) is 12.3 Å². The number of nitrogens with one attached hydrogen (secondary N) is 2. The molecule has 0 aromatic heterocycles. The minimum Gasteiger partial charge on any atom is -0.324 e. The molecular weight excluding hydrogens is 291 g/mol. The number of terminal acetylenes is 1. The Labute approximate surface area is 108 Å². The van der Waals surface area contributed by atoms with Crippen molar-refractivity contribution in [2.75, 3.05) is 18.4 Å². The minimum atomic E-state index is -0.181. The van der Waals surface area contributed by atoms with Crippen LogP contribution < -0.4 is 10.6 Å². The van der Waals surface area contributed by atoms with Crippen LogP contribution in [0.3, 0.4) is 0 Å². The van der Waals surface area contributed by atoms with Gasteiger partial charge in [-0.2, -0.15) is 0 Å². The summed E-state index contributed by atoms with van der Waals surface area (Å²) in [5.74, 6) is 2.20. The van der Waals surface area contributed by atoms with Crippen molar-refractivity contribution in [3.8, 4) is 12.3 Å². The van der Waals surface area contributed by atoms with Gasteiger partial charge >= 0.3 is 0 Å². The maximum absolute atomic E-state index is 11.4. The zero-order chi connectivity index (χ0) is 12.0. The van der Waals surface area contributed by atoms with Gasteiger partial charge < -0.3 is 5.32 Å². The van der Waals surface area contributed by atoms with E-state index in [-0.39, 0.29) is 12.5 Å². The van der Waals surface area contributed by atoms with E-state index >= 15 is 0 Å². The summed E-state index contributed by atoms with van der Waals surface area (Å²) in [6.07, 6.45) is 5.04. The molecule has 1 amide bonds. The van der Waals surface area contributed by atoms with Crippen molar-refractivity contribution in [1.29, 1.82) is 0 Å². The summed E-state index contributed by atoms with van der Waals surface area (Å²) in [6.45, 7) is 0.526. The third-order valence-corrected chi connectivity index (χ3v) is 2.52. The summed E-state index contributed by atoms with van der Waals surface area (Å²) in [7, 11) is 0. The largest absolute Gasteiger partial charge is 0.324 e. The first-order valence-electron chi connectivity index (χ1n) is 4.52. The maximum Gasteiger partial charge on any atom is 0.238 e. The lowest BCUT2D eigenvalue weighted by Crippen LogP contribution is -2.28. The highest BCUT2D eigenvalue weighted by Crippen LogP contribution is 2.25. The summed E-state index contributed by atoms with van der Waals surface area (Å²) in [4.78, 5) is 11.4. The fourth-order valence-corrected chi connectivity index (χ4v) is 1.75. The molecular formula is C11H10BrClN2O. The number of halogens is 2. The van der Waals surface area contributed by atoms with Crippen molar-refractivity contribution in [3.63, 3.8) is 0 Å². The molecule has 0 heterocycles. The van der Waals surface area contributed by atoms with Crippen molar-refractivity contribution < 1.29 is 4.79 Å². The molecule has 0 aliphatic rings. The third kappa shape index (κ3) is 4.23. The summed E-state index contributed by atoms with van der Waals surface area (Å²) in [6, 6.07) is 5.24. The topological polar surface area (TPSA) is 41.1 Å². The van der Waals surface area contributed by atoms with Crippen molar-refractivity contribution in [2.45, 2.75) is 0 Å². The normalized spacial score (nSPS) is 9.56. The van der Waals surface area contributed by atoms with E-state index in [1.54, 1.807) is 18.2 Å². The second-order valence-corrected chi connectivity index (χ2v) is 4.30. The number of amides is 1. The summed E-state index contributed by atoms with van der Waals surface area (Å²) < 4.78 is 0.862. The van der Waals surface area contributed by atoms with E-state index in [1.165, 1.54) is 0 Å². The molecule has 1 aromatic rings. The van der Waals surface area contributed by atoms with Crippen molar-refractivity contribution in [3.05, 3.63) is 27.7 Å². The van der Waals surface area contributed by atoms with E-state index < -0.39 is 0 Å². The summed E-state index contributed by atoms with van der Waals surface area (Å²) in [5.41, 5.74) is 0.581. The molecule has 0 bridgehead atoms. The Balaban J connectivity index is 2.53. The molecule has 0 saturated heterocycles. The Bertz CT molecular complexity index is 428. The maximum atomic E-state index is 11.4. The fourth-order valence-electron chi connectivity index (χ4n) is 1.03. The average molecular weight is 302 g/mol. The first-order chi connectivity index (χ1) is 7.63. The molecule has 1 aromatic carbocycles. The zero-order valence-electron chi connectivity index (χ0n) is 8.39. The number of carbonyl (C=O) groups excluding carboxylic acids is 1. The molecule has 84 valence electrons. The lowest BCUT2D eigenvalue weighted by molar-refractivity contribution is -0.115. The van der Waals surface area contributed by atoms with Crippen molar-refractivity contribution in [2.24, 2.45) is 0 Å². The first-order valence-corrected chi connectivity index (χ1v) is 5.69. The van der Waals surface area contributed by atoms with Gasteiger partial charge in [0.1, 0.15) is 0 Å². The van der Waals surface area contributed by atoms with Gasteiger partial charge in [-0.3, -0.25) is 10.1 Å². The standard InChI is InChI=1S/C11H10BrClN2O/c1-2-5-14-7-11(16)15-10-4-3-8(12)6-9(10)13/h1,3-4,6,14H,5,7H2,(H,15,16). The highest BCUT2D eigenvalue weighted by atomic mass is 79.9. The highest BCUT2D eigenvalue weighted by Gasteiger charge is 2.05. The van der Waals surface area contributed by atoms with Crippen LogP contribution in [0.2, 0.25) is 5.02 Å². The summed E-state index contributed by atoms with van der Waals surface area (Å²) in [5, 5.41) is 5.94. The van der Waals surface area contributed by atoms with Gasteiger partial charge in [-0.15, -0.1) is 6.42 Å². The molecule has 0 unspecified atom stereocenters. The molecule has 0 aliphatic carbocycles. The van der Waals surface area contributed by atoms with Crippen molar-refractivity contribution in [1.82, 2.24) is 5.32 Å². The molecule has 2 N–H and O–H groups in total. The molecule has 0 radical (unpaired) electrons. The minimum absolute atomic E-state index is 0.163. The first kappa shape index (κ1) is 13.0. The molecule has 1 rings (SSSR count). The lowest BCUT2D eigenvalue weighted by Gasteiger charge is -2.07. The quantitative estimate of drug-likeness (QED) is 0.661. The Morgan fingerprint density at radius 2 is 2.31 bits per heavy atom. The van der Waals surface area contributed by atoms with Gasteiger partial charge in [0.15, 0.2) is 0 Å². The van der Waals surface area contributed by atoms with E-state index in [0.29, 0.717) is 17.3 Å². The van der Waals surface area contributed by atoms with Crippen LogP contribution in [0.4, 0.5) is 5.69 Å². The molecule has 0 spiro atoms. The lowest BCUT2D eigenvalue weighted by atomic mass is 10.3. The second kappa shape index (κ2) is 6.54. The molecule has 0 aliphatic heterocycles. The molecule has 0 atom stereocenters. The second-order valence-electron chi connectivity index (χ2n) is 2.98. The summed E-state index contributed by atoms with van der Waals surface area (Å²) >= 11 is 9.22. The molecule has 0 saturated carbocycles. The van der Waals surface area contributed by atoms with E-state index in [4.69, 9.17) is 18.0 Å². The van der Waals surface area contributed by atoms with E-state index in [9.17, 15) is 4.79 Å². The zero-order valence-corrected chi connectivity index (χ0v) is 10.7. The van der Waals surface area contributed by atoms with Gasteiger partial charge in [0.25, 0.3) is 0 Å². The van der Waals surface area contributed by atoms with E-state index in [0.717, 1.165) is 4.47 Å². The smallest absolute Gasteiger partial charge is 0.238 e. The number of benzene rings is 1.